The van der Waals surface area contributed by atoms with E-state index in [-0.39, 0.29) is 0 Å². The molecule has 1 aliphatic heterocycles. The van der Waals surface area contributed by atoms with Crippen molar-refractivity contribution < 1.29 is 0 Å². The van der Waals surface area contributed by atoms with Gasteiger partial charge >= 0.3 is 0 Å². The number of rotatable bonds is 1. The summed E-state index contributed by atoms with van der Waals surface area (Å²) in [5, 5.41) is 3.30. The lowest BCUT2D eigenvalue weighted by Crippen LogP contribution is -2.42. The molecule has 0 aromatic heterocycles. The third kappa shape index (κ3) is 2.50. The maximum atomic E-state index is 5.67. The van der Waals surface area contributed by atoms with Crippen molar-refractivity contribution in [1.29, 1.82) is 0 Å². The Morgan fingerprint density at radius 2 is 1.81 bits per heavy atom. The molecule has 0 radical (unpaired) electrons. The van der Waals surface area contributed by atoms with Crippen LogP contribution >= 0.6 is 0 Å². The molecule has 1 unspecified atom stereocenters. The largest absolute Gasteiger partial charge is 0.370 e. The molecule has 0 saturated heterocycles. The molecule has 1 saturated carbocycles. The van der Waals surface area contributed by atoms with E-state index in [1.54, 1.807) is 0 Å². The average Bonchev–Trinajstić information content (AvgIpc) is 2.64. The second kappa shape index (κ2) is 4.27. The fraction of sp³-hybridized carbons (Fsp3) is 0.923. The molecule has 1 fully saturated rings. The van der Waals surface area contributed by atoms with Crippen molar-refractivity contribution >= 4 is 5.96 Å². The second-order valence-corrected chi connectivity index (χ2v) is 6.45. The van der Waals surface area contributed by atoms with E-state index in [1.165, 1.54) is 25.7 Å². The lowest BCUT2D eigenvalue weighted by atomic mass is 9.68. The number of hydrogen-bond donors (Lipinski definition) is 2. The maximum Gasteiger partial charge on any atom is 0.188 e. The van der Waals surface area contributed by atoms with Gasteiger partial charge in [-0.3, -0.25) is 4.99 Å². The van der Waals surface area contributed by atoms with Gasteiger partial charge in [-0.15, -0.1) is 0 Å². The zero-order valence-electron chi connectivity index (χ0n) is 10.8. The summed E-state index contributed by atoms with van der Waals surface area (Å²) in [5.41, 5.74) is 6.14. The van der Waals surface area contributed by atoms with Gasteiger partial charge in [0.25, 0.3) is 0 Å². The number of nitrogens with two attached hydrogens (primary N) is 1. The van der Waals surface area contributed by atoms with Crippen LogP contribution in [0.3, 0.4) is 0 Å². The van der Waals surface area contributed by atoms with Crippen LogP contribution in [0.2, 0.25) is 0 Å². The molecule has 2 rings (SSSR count). The van der Waals surface area contributed by atoms with Crippen LogP contribution in [0.5, 0.6) is 0 Å². The van der Waals surface area contributed by atoms with Gasteiger partial charge in [-0.25, -0.2) is 0 Å². The first kappa shape index (κ1) is 11.7. The molecule has 16 heavy (non-hydrogen) atoms. The van der Waals surface area contributed by atoms with E-state index >= 15 is 0 Å². The monoisotopic (exact) mass is 223 g/mol. The third-order valence-corrected chi connectivity index (χ3v) is 4.36. The van der Waals surface area contributed by atoms with E-state index in [4.69, 9.17) is 5.73 Å². The molecule has 0 amide bonds. The molecule has 92 valence electrons. The molecule has 2 aliphatic rings. The fourth-order valence-corrected chi connectivity index (χ4v) is 3.13. The predicted molar refractivity (Wildman–Crippen MR) is 68.3 cm³/mol. The molecule has 1 atom stereocenters. The highest BCUT2D eigenvalue weighted by atomic mass is 15.2. The highest BCUT2D eigenvalue weighted by molar-refractivity contribution is 5.79. The zero-order valence-corrected chi connectivity index (χ0v) is 10.8. The van der Waals surface area contributed by atoms with Crippen LogP contribution in [-0.2, 0) is 0 Å². The van der Waals surface area contributed by atoms with Gasteiger partial charge < -0.3 is 11.1 Å². The lowest BCUT2D eigenvalue weighted by molar-refractivity contribution is 0.139. The minimum atomic E-state index is 0.476. The maximum absolute atomic E-state index is 5.67. The van der Waals surface area contributed by atoms with Crippen molar-refractivity contribution in [3.8, 4) is 0 Å². The van der Waals surface area contributed by atoms with Crippen molar-refractivity contribution in [2.45, 2.75) is 52.5 Å². The number of hydrogen-bond acceptors (Lipinski definition) is 3. The van der Waals surface area contributed by atoms with Gasteiger partial charge in [-0.1, -0.05) is 20.8 Å². The minimum Gasteiger partial charge on any atom is -0.370 e. The molecule has 0 bridgehead atoms. The van der Waals surface area contributed by atoms with Crippen molar-refractivity contribution in [1.82, 2.24) is 5.32 Å². The number of guanidine groups is 1. The quantitative estimate of drug-likeness (QED) is 0.715. The highest BCUT2D eigenvalue weighted by Crippen LogP contribution is 2.40. The van der Waals surface area contributed by atoms with Gasteiger partial charge in [0.05, 0.1) is 12.6 Å². The van der Waals surface area contributed by atoms with E-state index in [0.717, 1.165) is 18.4 Å². The highest BCUT2D eigenvalue weighted by Gasteiger charge is 2.33. The molecular weight excluding hydrogens is 198 g/mol. The smallest absolute Gasteiger partial charge is 0.188 e. The topological polar surface area (TPSA) is 50.4 Å². The lowest BCUT2D eigenvalue weighted by Gasteiger charge is -2.38. The number of nitrogens with zero attached hydrogens (tertiary/aromatic N) is 1. The van der Waals surface area contributed by atoms with Crippen LogP contribution in [0.15, 0.2) is 4.99 Å². The Bertz CT molecular complexity index is 269. The second-order valence-electron chi connectivity index (χ2n) is 6.45. The first-order chi connectivity index (χ1) is 7.47. The van der Waals surface area contributed by atoms with Gasteiger partial charge in [0.1, 0.15) is 0 Å². The van der Waals surface area contributed by atoms with Crippen molar-refractivity contribution in [3.05, 3.63) is 0 Å². The SMILES string of the molecule is CC(C)(C)C1CCC(C2CN=C(N)N2)CC1. The Morgan fingerprint density at radius 3 is 2.25 bits per heavy atom. The molecular formula is C13H25N3. The summed E-state index contributed by atoms with van der Waals surface area (Å²) in [5.74, 6) is 2.31. The Balaban J connectivity index is 1.82. The van der Waals surface area contributed by atoms with Crippen LogP contribution in [0.4, 0.5) is 0 Å². The summed E-state index contributed by atoms with van der Waals surface area (Å²) >= 11 is 0. The Kier molecular flexibility index (Phi) is 3.13. The Hall–Kier alpha value is -0.730. The van der Waals surface area contributed by atoms with E-state index in [1.807, 2.05) is 0 Å². The van der Waals surface area contributed by atoms with E-state index in [2.05, 4.69) is 31.1 Å². The summed E-state index contributed by atoms with van der Waals surface area (Å²) in [6.45, 7) is 7.99. The van der Waals surface area contributed by atoms with Crippen LogP contribution in [0.25, 0.3) is 0 Å². The normalized spacial score (nSPS) is 35.7. The van der Waals surface area contributed by atoms with E-state index in [0.29, 0.717) is 17.4 Å². The average molecular weight is 223 g/mol. The van der Waals surface area contributed by atoms with Crippen LogP contribution in [-0.4, -0.2) is 18.5 Å². The van der Waals surface area contributed by atoms with Crippen molar-refractivity contribution in [2.24, 2.45) is 28.0 Å². The van der Waals surface area contributed by atoms with Crippen LogP contribution in [0.1, 0.15) is 46.5 Å². The standard InChI is InChI=1S/C13H25N3/c1-13(2,3)10-6-4-9(5-7-10)11-8-15-12(14)16-11/h9-11H,4-8H2,1-3H3,(H3,14,15,16). The van der Waals surface area contributed by atoms with Crippen LogP contribution in [0, 0.1) is 17.3 Å². The minimum absolute atomic E-state index is 0.476. The molecule has 1 aliphatic carbocycles. The Morgan fingerprint density at radius 1 is 1.19 bits per heavy atom. The van der Waals surface area contributed by atoms with Gasteiger partial charge in [0, 0.05) is 0 Å². The molecule has 0 spiro atoms. The molecule has 0 aromatic carbocycles. The van der Waals surface area contributed by atoms with Crippen LogP contribution < -0.4 is 11.1 Å². The number of nitrogens with one attached hydrogen (secondary N) is 1. The van der Waals surface area contributed by atoms with E-state index in [9.17, 15) is 0 Å². The van der Waals surface area contributed by atoms with Gasteiger partial charge in [-0.2, -0.15) is 0 Å². The van der Waals surface area contributed by atoms with Crippen molar-refractivity contribution in [3.63, 3.8) is 0 Å². The van der Waals surface area contributed by atoms with Gasteiger partial charge in [0.15, 0.2) is 5.96 Å². The Labute approximate surface area is 98.9 Å². The summed E-state index contributed by atoms with van der Waals surface area (Å²) in [4.78, 5) is 4.24. The molecule has 1 heterocycles. The molecule has 0 aromatic rings. The van der Waals surface area contributed by atoms with Crippen molar-refractivity contribution in [2.75, 3.05) is 6.54 Å². The molecule has 3 N–H and O–H groups in total. The predicted octanol–water partition coefficient (Wildman–Crippen LogP) is 2.13. The van der Waals surface area contributed by atoms with Gasteiger partial charge in [0.2, 0.25) is 0 Å². The summed E-state index contributed by atoms with van der Waals surface area (Å²) in [6.07, 6.45) is 5.41. The van der Waals surface area contributed by atoms with E-state index < -0.39 is 0 Å². The summed E-state index contributed by atoms with van der Waals surface area (Å²) in [6, 6.07) is 0.515. The first-order valence-corrected chi connectivity index (χ1v) is 6.53. The summed E-state index contributed by atoms with van der Waals surface area (Å²) < 4.78 is 0. The molecule has 3 nitrogen and oxygen atoms in total. The van der Waals surface area contributed by atoms with Gasteiger partial charge in [-0.05, 0) is 42.9 Å². The first-order valence-electron chi connectivity index (χ1n) is 6.53. The summed E-state index contributed by atoms with van der Waals surface area (Å²) in [7, 11) is 0. The zero-order chi connectivity index (χ0) is 11.8. The molecule has 3 heteroatoms. The third-order valence-electron chi connectivity index (χ3n) is 4.36. The number of aliphatic imine (C=N–C) groups is 1. The fourth-order valence-electron chi connectivity index (χ4n) is 3.13.